The highest BCUT2D eigenvalue weighted by Gasteiger charge is 2.31. The van der Waals surface area contributed by atoms with Crippen LogP contribution >= 0.6 is 7.82 Å². The first-order chi connectivity index (χ1) is 19.5. The summed E-state index contributed by atoms with van der Waals surface area (Å²) in [7, 11) is 0.883. The van der Waals surface area contributed by atoms with Gasteiger partial charge in [-0.1, -0.05) is 0 Å². The zero-order chi connectivity index (χ0) is 29.7. The van der Waals surface area contributed by atoms with Crippen LogP contribution in [-0.2, 0) is 42.5 Å². The number of nitrogens with zero attached hydrogens (tertiary/aromatic N) is 2. The van der Waals surface area contributed by atoms with Crippen molar-refractivity contribution in [3.63, 3.8) is 0 Å². The van der Waals surface area contributed by atoms with E-state index < -0.39 is 45.6 Å². The summed E-state index contributed by atoms with van der Waals surface area (Å²) in [6, 6.07) is 5.33. The zero-order valence-electron chi connectivity index (χ0n) is 23.0. The third-order valence-electron chi connectivity index (χ3n) is 5.89. The lowest BCUT2D eigenvalue weighted by atomic mass is 10.1. The van der Waals surface area contributed by atoms with Crippen molar-refractivity contribution in [1.82, 2.24) is 9.47 Å². The summed E-state index contributed by atoms with van der Waals surface area (Å²) >= 11 is 0. The molecule has 0 aliphatic rings. The van der Waals surface area contributed by atoms with Crippen LogP contribution in [0.3, 0.4) is 0 Å². The molecule has 4 aromatic rings. The highest BCUT2D eigenvalue weighted by molar-refractivity contribution is 7.48. The molecule has 222 valence electrons. The van der Waals surface area contributed by atoms with E-state index in [1.807, 2.05) is 25.1 Å². The summed E-state index contributed by atoms with van der Waals surface area (Å²) < 4.78 is 60.1. The number of phosphoric ester groups is 1. The van der Waals surface area contributed by atoms with E-state index in [0.717, 1.165) is 17.5 Å². The molecule has 0 saturated heterocycles. The monoisotopic (exact) mass is 596 g/mol. The number of carbonyl (C=O) groups excluding carboxylic acids is 1. The van der Waals surface area contributed by atoms with E-state index in [2.05, 4.69) is 0 Å². The minimum atomic E-state index is -4.52. The Morgan fingerprint density at radius 1 is 0.951 bits per heavy atom. The SMILES string of the molecule is COc1ccc2c(CCN(C)C)cn(C(=O)OCOP(=O)(OCc3oc(=O)oc3C)OCc3oc(=O)oc3C)c2c1. The molecule has 0 unspecified atom stereocenters. The lowest BCUT2D eigenvalue weighted by molar-refractivity contribution is 0.0151. The summed E-state index contributed by atoms with van der Waals surface area (Å²) in [5, 5.41) is 0.830. The van der Waals surface area contributed by atoms with Gasteiger partial charge in [0.05, 0.1) is 12.6 Å². The zero-order valence-corrected chi connectivity index (χ0v) is 23.9. The Bertz CT molecular complexity index is 1610. The fourth-order valence-electron chi connectivity index (χ4n) is 3.71. The number of rotatable bonds is 13. The first kappa shape index (κ1) is 30.1. The molecule has 1 aromatic carbocycles. The molecule has 0 aliphatic heterocycles. The summed E-state index contributed by atoms with van der Waals surface area (Å²) in [6.45, 7) is 1.67. The first-order valence-electron chi connectivity index (χ1n) is 12.2. The fourth-order valence-corrected chi connectivity index (χ4v) is 4.67. The van der Waals surface area contributed by atoms with Crippen LogP contribution in [0.5, 0.6) is 5.75 Å². The Labute approximate surface area is 232 Å². The topological polar surface area (TPSA) is 175 Å². The Morgan fingerprint density at radius 3 is 2.07 bits per heavy atom. The molecule has 3 aromatic heterocycles. The van der Waals surface area contributed by atoms with Crippen LogP contribution in [0.2, 0.25) is 0 Å². The van der Waals surface area contributed by atoms with Gasteiger partial charge in [-0.05, 0) is 52.1 Å². The molecule has 16 heteroatoms. The van der Waals surface area contributed by atoms with Crippen molar-refractivity contribution in [2.45, 2.75) is 33.5 Å². The van der Waals surface area contributed by atoms with E-state index in [1.165, 1.54) is 25.5 Å². The van der Waals surface area contributed by atoms with E-state index >= 15 is 0 Å². The highest BCUT2D eigenvalue weighted by atomic mass is 31.2. The number of methoxy groups -OCH3 is 1. The second kappa shape index (κ2) is 12.7. The lowest BCUT2D eigenvalue weighted by Gasteiger charge is -2.17. The van der Waals surface area contributed by atoms with Crippen LogP contribution in [0.1, 0.15) is 28.6 Å². The smallest absolute Gasteiger partial charge is 0.497 e. The van der Waals surface area contributed by atoms with Gasteiger partial charge in [-0.25, -0.2) is 23.5 Å². The summed E-state index contributed by atoms with van der Waals surface area (Å²) in [4.78, 5) is 37.7. The average molecular weight is 596 g/mol. The first-order valence-corrected chi connectivity index (χ1v) is 13.7. The predicted molar refractivity (Wildman–Crippen MR) is 140 cm³/mol. The minimum absolute atomic E-state index is 0.0662. The average Bonchev–Trinajstić information content (AvgIpc) is 3.57. The minimum Gasteiger partial charge on any atom is -0.497 e. The third kappa shape index (κ3) is 7.45. The van der Waals surface area contributed by atoms with Gasteiger partial charge in [-0.3, -0.25) is 13.6 Å². The predicted octanol–water partition coefficient (Wildman–Crippen LogP) is 3.96. The number of aryl methyl sites for hydroxylation is 2. The van der Waals surface area contributed by atoms with E-state index in [4.69, 9.17) is 40.7 Å². The summed E-state index contributed by atoms with van der Waals surface area (Å²) in [6.07, 6.45) is 1.48. The van der Waals surface area contributed by atoms with E-state index in [0.29, 0.717) is 17.7 Å². The molecule has 4 rings (SSSR count). The molecule has 0 spiro atoms. The van der Waals surface area contributed by atoms with Gasteiger partial charge in [0.15, 0.2) is 11.5 Å². The molecule has 0 aliphatic carbocycles. The number of hydrogen-bond acceptors (Lipinski definition) is 14. The molecular formula is C25H29N2O13P. The molecule has 15 nitrogen and oxygen atoms in total. The van der Waals surface area contributed by atoms with Crippen LogP contribution < -0.4 is 16.4 Å². The molecule has 0 amide bonds. The van der Waals surface area contributed by atoms with Crippen LogP contribution in [0.4, 0.5) is 4.79 Å². The molecule has 0 fully saturated rings. The maximum atomic E-state index is 13.4. The Balaban J connectivity index is 1.49. The number of phosphoric acid groups is 1. The van der Waals surface area contributed by atoms with Crippen LogP contribution in [-0.4, -0.2) is 50.1 Å². The number of likely N-dealkylation sites (N-methyl/N-ethyl adjacent to an activating group) is 1. The maximum absolute atomic E-state index is 13.4. The summed E-state index contributed by atoms with van der Waals surface area (Å²) in [5.41, 5.74) is 1.44. The molecule has 41 heavy (non-hydrogen) atoms. The molecular weight excluding hydrogens is 567 g/mol. The van der Waals surface area contributed by atoms with Gasteiger partial charge in [-0.15, -0.1) is 0 Å². The van der Waals surface area contributed by atoms with Gasteiger partial charge >= 0.3 is 25.6 Å². The molecule has 0 N–H and O–H groups in total. The number of aromatic nitrogens is 1. The number of fused-ring (bicyclic) bond motifs is 1. The molecule has 3 heterocycles. The van der Waals surface area contributed by atoms with Crippen molar-refractivity contribution >= 4 is 24.8 Å². The Kier molecular flexibility index (Phi) is 9.35. The fraction of sp³-hybridized carbons (Fsp3) is 0.400. The Hall–Kier alpha value is -3.88. The molecule has 0 bridgehead atoms. The van der Waals surface area contributed by atoms with Crippen molar-refractivity contribution in [2.24, 2.45) is 0 Å². The van der Waals surface area contributed by atoms with Gasteiger partial charge in [0.2, 0.25) is 6.79 Å². The number of hydrogen-bond donors (Lipinski definition) is 0. The van der Waals surface area contributed by atoms with E-state index in [9.17, 15) is 18.9 Å². The second-order valence-corrected chi connectivity index (χ2v) is 10.6. The lowest BCUT2D eigenvalue weighted by Crippen LogP contribution is -2.16. The highest BCUT2D eigenvalue weighted by Crippen LogP contribution is 2.51. The second-order valence-electron chi connectivity index (χ2n) is 8.98. The van der Waals surface area contributed by atoms with E-state index in [1.54, 1.807) is 18.3 Å². The normalized spacial score (nSPS) is 12.0. The van der Waals surface area contributed by atoms with Crippen molar-refractivity contribution in [3.05, 3.63) is 74.2 Å². The van der Waals surface area contributed by atoms with Crippen molar-refractivity contribution < 1.29 is 50.1 Å². The van der Waals surface area contributed by atoms with Crippen molar-refractivity contribution in [3.8, 4) is 5.75 Å². The molecule has 0 saturated carbocycles. The van der Waals surface area contributed by atoms with Gasteiger partial charge in [0.25, 0.3) is 0 Å². The van der Waals surface area contributed by atoms with Gasteiger partial charge < -0.3 is 32.0 Å². The van der Waals surface area contributed by atoms with Gasteiger partial charge in [-0.2, -0.15) is 0 Å². The Morgan fingerprint density at radius 2 is 1.56 bits per heavy atom. The van der Waals surface area contributed by atoms with Crippen LogP contribution in [0.25, 0.3) is 10.9 Å². The van der Waals surface area contributed by atoms with Gasteiger partial charge in [0.1, 0.15) is 30.5 Å². The number of ether oxygens (including phenoxy) is 2. The number of benzene rings is 1. The largest absolute Gasteiger partial charge is 0.519 e. The van der Waals surface area contributed by atoms with Crippen molar-refractivity contribution in [1.29, 1.82) is 0 Å². The standard InChI is InChI=1S/C25H29N2O13P/c1-15-21(39-24(29)37-15)12-34-41(31,35-13-22-16(2)38-25(30)40-22)36-14-33-23(28)27-11-17(8-9-26(3)4)19-7-6-18(32-5)10-20(19)27/h6-7,10-11H,8-9,12-14H2,1-5H3. The van der Waals surface area contributed by atoms with Crippen LogP contribution in [0.15, 0.2) is 51.7 Å². The van der Waals surface area contributed by atoms with Crippen LogP contribution in [0, 0.1) is 13.8 Å². The van der Waals surface area contributed by atoms with Gasteiger partial charge in [0, 0.05) is 24.2 Å². The van der Waals surface area contributed by atoms with Crippen molar-refractivity contribution in [2.75, 3.05) is 34.5 Å². The quantitative estimate of drug-likeness (QED) is 0.160. The molecule has 0 atom stereocenters. The molecule has 0 radical (unpaired) electrons. The maximum Gasteiger partial charge on any atom is 0.519 e. The number of carbonyl (C=O) groups is 1. The summed E-state index contributed by atoms with van der Waals surface area (Å²) in [5.74, 6) is -1.39. The third-order valence-corrected chi connectivity index (χ3v) is 7.20. The van der Waals surface area contributed by atoms with E-state index in [-0.39, 0.29) is 23.0 Å².